The molecule has 110 valence electrons. The summed E-state index contributed by atoms with van der Waals surface area (Å²) in [4.78, 5) is 22.8. The Morgan fingerprint density at radius 1 is 1.19 bits per heavy atom. The van der Waals surface area contributed by atoms with E-state index in [1.54, 1.807) is 6.07 Å². The van der Waals surface area contributed by atoms with Crippen LogP contribution in [0.1, 0.15) is 34.5 Å². The number of fused-ring (bicyclic) bond motifs is 1. The van der Waals surface area contributed by atoms with Gasteiger partial charge in [0, 0.05) is 11.4 Å². The Balaban J connectivity index is 1.72. The zero-order valence-electron chi connectivity index (χ0n) is 12.0. The van der Waals surface area contributed by atoms with E-state index < -0.39 is 5.97 Å². The lowest BCUT2D eigenvalue weighted by Gasteiger charge is -2.32. The summed E-state index contributed by atoms with van der Waals surface area (Å²) in [5.41, 5.74) is 2.96. The van der Waals surface area contributed by atoms with Crippen LogP contribution < -0.4 is 5.32 Å². The van der Waals surface area contributed by atoms with Gasteiger partial charge in [0.05, 0.1) is 5.92 Å². The summed E-state index contributed by atoms with van der Waals surface area (Å²) in [6, 6.07) is 5.57. The summed E-state index contributed by atoms with van der Waals surface area (Å²) < 4.78 is 5.58. The summed E-state index contributed by atoms with van der Waals surface area (Å²) in [7, 11) is 0. The molecule has 1 saturated carbocycles. The van der Waals surface area contributed by atoms with Gasteiger partial charge in [0.2, 0.25) is 0 Å². The molecule has 5 heteroatoms. The van der Waals surface area contributed by atoms with Gasteiger partial charge in [-0.1, -0.05) is 0 Å². The number of hydrogen-bond donors (Lipinski definition) is 2. The third-order valence-corrected chi connectivity index (χ3v) is 4.18. The molecule has 5 nitrogen and oxygen atoms in total. The topological polar surface area (TPSA) is 79.5 Å². The van der Waals surface area contributed by atoms with Crippen LogP contribution in [0.5, 0.6) is 0 Å². The fourth-order valence-electron chi connectivity index (χ4n) is 2.61. The minimum atomic E-state index is -0.796. The number of nitrogens with one attached hydrogen (secondary N) is 1. The number of furan rings is 1. The van der Waals surface area contributed by atoms with Crippen molar-refractivity contribution in [2.75, 3.05) is 0 Å². The van der Waals surface area contributed by atoms with Crippen molar-refractivity contribution in [2.24, 2.45) is 5.92 Å². The molecule has 1 amide bonds. The Morgan fingerprint density at radius 3 is 2.52 bits per heavy atom. The van der Waals surface area contributed by atoms with Crippen LogP contribution >= 0.6 is 0 Å². The number of rotatable bonds is 3. The molecule has 3 rings (SSSR count). The van der Waals surface area contributed by atoms with Gasteiger partial charge < -0.3 is 14.8 Å². The number of carboxylic acid groups (broad SMARTS) is 1. The van der Waals surface area contributed by atoms with Crippen molar-refractivity contribution in [3.8, 4) is 0 Å². The molecule has 0 saturated heterocycles. The van der Waals surface area contributed by atoms with Gasteiger partial charge in [-0.3, -0.25) is 9.59 Å². The Bertz CT molecular complexity index is 686. The predicted octanol–water partition coefficient (Wildman–Crippen LogP) is 2.64. The van der Waals surface area contributed by atoms with Crippen LogP contribution in [0.4, 0.5) is 0 Å². The van der Waals surface area contributed by atoms with Crippen LogP contribution in [0.3, 0.4) is 0 Å². The molecule has 21 heavy (non-hydrogen) atoms. The van der Waals surface area contributed by atoms with E-state index in [4.69, 9.17) is 9.52 Å². The van der Waals surface area contributed by atoms with Crippen molar-refractivity contribution in [1.82, 2.24) is 5.32 Å². The van der Waals surface area contributed by atoms with E-state index in [1.807, 2.05) is 26.0 Å². The quantitative estimate of drug-likeness (QED) is 0.909. The lowest BCUT2D eigenvalue weighted by Crippen LogP contribution is -2.46. The minimum Gasteiger partial charge on any atom is -0.481 e. The maximum absolute atomic E-state index is 12.1. The summed E-state index contributed by atoms with van der Waals surface area (Å²) in [5.74, 6) is -1.14. The predicted molar refractivity (Wildman–Crippen MR) is 77.3 cm³/mol. The monoisotopic (exact) mass is 287 g/mol. The second-order valence-corrected chi connectivity index (χ2v) is 5.76. The summed E-state index contributed by atoms with van der Waals surface area (Å²) in [6.07, 6.45) is 0.971. The maximum atomic E-state index is 12.1. The molecule has 0 radical (unpaired) electrons. The largest absolute Gasteiger partial charge is 0.481 e. The highest BCUT2D eigenvalue weighted by molar-refractivity contribution is 5.96. The number of benzene rings is 1. The molecular weight excluding hydrogens is 270 g/mol. The highest BCUT2D eigenvalue weighted by atomic mass is 16.4. The number of amides is 1. The van der Waals surface area contributed by atoms with E-state index in [2.05, 4.69) is 5.32 Å². The second kappa shape index (κ2) is 4.91. The number of hydrogen-bond acceptors (Lipinski definition) is 3. The van der Waals surface area contributed by atoms with Gasteiger partial charge in [0.25, 0.3) is 5.91 Å². The first kappa shape index (κ1) is 13.7. The number of aliphatic carboxylic acids is 1. The van der Waals surface area contributed by atoms with Crippen LogP contribution in [0, 0.1) is 19.8 Å². The molecule has 1 aliphatic rings. The van der Waals surface area contributed by atoms with Gasteiger partial charge in [-0.05, 0) is 56.0 Å². The van der Waals surface area contributed by atoms with Gasteiger partial charge in [-0.2, -0.15) is 0 Å². The average molecular weight is 287 g/mol. The van der Waals surface area contributed by atoms with Crippen molar-refractivity contribution in [2.45, 2.75) is 32.7 Å². The molecule has 1 aromatic carbocycles. The van der Waals surface area contributed by atoms with E-state index in [9.17, 15) is 9.59 Å². The fraction of sp³-hybridized carbons (Fsp3) is 0.375. The van der Waals surface area contributed by atoms with Crippen molar-refractivity contribution in [1.29, 1.82) is 0 Å². The molecule has 1 aliphatic carbocycles. The van der Waals surface area contributed by atoms with E-state index >= 15 is 0 Å². The highest BCUT2D eigenvalue weighted by Gasteiger charge is 2.35. The molecule has 1 heterocycles. The molecule has 1 aromatic heterocycles. The van der Waals surface area contributed by atoms with Crippen LogP contribution in [0.2, 0.25) is 0 Å². The Labute approximate surface area is 121 Å². The number of carboxylic acids is 1. The standard InChI is InChI=1S/C16H17NO4/c1-8-3-10-7-14(21-13(10)4-9(8)2)15(18)17-12-5-11(6-12)16(19)20/h3-4,7,11-12H,5-6H2,1-2H3,(H,17,18)(H,19,20). The van der Waals surface area contributed by atoms with Gasteiger partial charge in [-0.25, -0.2) is 0 Å². The third kappa shape index (κ3) is 2.51. The maximum Gasteiger partial charge on any atom is 0.306 e. The molecule has 0 bridgehead atoms. The van der Waals surface area contributed by atoms with E-state index in [0.29, 0.717) is 18.4 Å². The third-order valence-electron chi connectivity index (χ3n) is 4.18. The van der Waals surface area contributed by atoms with Crippen LogP contribution in [-0.4, -0.2) is 23.0 Å². The van der Waals surface area contributed by atoms with E-state index in [-0.39, 0.29) is 23.6 Å². The highest BCUT2D eigenvalue weighted by Crippen LogP contribution is 2.28. The number of aryl methyl sites for hydroxylation is 2. The second-order valence-electron chi connectivity index (χ2n) is 5.76. The Morgan fingerprint density at radius 2 is 1.86 bits per heavy atom. The van der Waals surface area contributed by atoms with E-state index in [1.165, 1.54) is 0 Å². The first-order valence-corrected chi connectivity index (χ1v) is 6.98. The molecule has 2 aromatic rings. The molecule has 1 fully saturated rings. The Kier molecular flexibility index (Phi) is 3.20. The molecule has 2 N–H and O–H groups in total. The number of carbonyl (C=O) groups is 2. The average Bonchev–Trinajstić information content (AvgIpc) is 2.76. The summed E-state index contributed by atoms with van der Waals surface area (Å²) >= 11 is 0. The van der Waals surface area contributed by atoms with E-state index in [0.717, 1.165) is 16.5 Å². The summed E-state index contributed by atoms with van der Waals surface area (Å²) in [6.45, 7) is 4.01. The van der Waals surface area contributed by atoms with Gasteiger partial charge in [0.15, 0.2) is 5.76 Å². The molecule has 0 spiro atoms. The van der Waals surface area contributed by atoms with Gasteiger partial charge in [-0.15, -0.1) is 0 Å². The van der Waals surface area contributed by atoms with Crippen LogP contribution in [-0.2, 0) is 4.79 Å². The van der Waals surface area contributed by atoms with Crippen molar-refractivity contribution >= 4 is 22.8 Å². The van der Waals surface area contributed by atoms with Crippen LogP contribution in [0.15, 0.2) is 22.6 Å². The van der Waals surface area contributed by atoms with Crippen molar-refractivity contribution < 1.29 is 19.1 Å². The molecule has 0 atom stereocenters. The normalized spacial score (nSPS) is 21.0. The molecular formula is C16H17NO4. The SMILES string of the molecule is Cc1cc2cc(C(=O)NC3CC(C(=O)O)C3)oc2cc1C. The summed E-state index contributed by atoms with van der Waals surface area (Å²) in [5, 5.41) is 12.5. The smallest absolute Gasteiger partial charge is 0.306 e. The number of carbonyl (C=O) groups excluding carboxylic acids is 1. The zero-order chi connectivity index (χ0) is 15.1. The van der Waals surface area contributed by atoms with Gasteiger partial charge in [0.1, 0.15) is 5.58 Å². The first-order valence-electron chi connectivity index (χ1n) is 6.98. The van der Waals surface area contributed by atoms with Gasteiger partial charge >= 0.3 is 5.97 Å². The fourth-order valence-corrected chi connectivity index (χ4v) is 2.61. The van der Waals surface area contributed by atoms with Crippen molar-refractivity contribution in [3.05, 3.63) is 35.1 Å². The van der Waals surface area contributed by atoms with Crippen LogP contribution in [0.25, 0.3) is 11.0 Å². The Hall–Kier alpha value is -2.30. The van der Waals surface area contributed by atoms with Crippen molar-refractivity contribution in [3.63, 3.8) is 0 Å². The zero-order valence-corrected chi connectivity index (χ0v) is 12.0. The minimum absolute atomic E-state index is 0.0738. The molecule has 0 aliphatic heterocycles. The lowest BCUT2D eigenvalue weighted by atomic mass is 9.80. The molecule has 0 unspecified atom stereocenters. The first-order chi connectivity index (χ1) is 9.94. The lowest BCUT2D eigenvalue weighted by molar-refractivity contribution is -0.145.